The van der Waals surface area contributed by atoms with Gasteiger partial charge in [0.15, 0.2) is 0 Å². The molecule has 0 aliphatic heterocycles. The molecule has 0 spiro atoms. The maximum Gasteiger partial charge on any atom is 0.0717 e. The van der Waals surface area contributed by atoms with Crippen molar-refractivity contribution in [2.24, 2.45) is 0 Å². The van der Waals surface area contributed by atoms with E-state index < -0.39 is 0 Å². The Hall–Kier alpha value is -0.0431. The second-order valence-corrected chi connectivity index (χ2v) is 9.70. The summed E-state index contributed by atoms with van der Waals surface area (Å²) in [5.41, 5.74) is 2.19. The van der Waals surface area contributed by atoms with Gasteiger partial charge in [-0.1, -0.05) is 122 Å². The molecule has 0 aromatic rings. The van der Waals surface area contributed by atoms with E-state index in [-0.39, 0.29) is 8.80 Å². The van der Waals surface area contributed by atoms with Gasteiger partial charge in [0, 0.05) is 0 Å². The molecule has 0 aromatic carbocycles. The zero-order valence-corrected chi connectivity index (χ0v) is 16.8. The van der Waals surface area contributed by atoms with E-state index in [0.29, 0.717) is 0 Å². The van der Waals surface area contributed by atoms with Crippen LogP contribution >= 0.6 is 0 Å². The average molecular weight is 324 g/mol. The van der Waals surface area contributed by atoms with E-state index in [1.807, 2.05) is 0 Å². The van der Waals surface area contributed by atoms with Crippen molar-refractivity contribution in [1.29, 1.82) is 0 Å². The second kappa shape index (κ2) is 19.0. The van der Waals surface area contributed by atoms with Crippen LogP contribution in [-0.2, 0) is 0 Å². The fourth-order valence-corrected chi connectivity index (χ4v) is 4.07. The van der Waals surface area contributed by atoms with E-state index in [1.165, 1.54) is 109 Å². The molecule has 0 saturated heterocycles. The summed E-state index contributed by atoms with van der Waals surface area (Å²) >= 11 is 0. The predicted octanol–water partition coefficient (Wildman–Crippen LogP) is 8.10. The first-order valence-corrected chi connectivity index (χ1v) is 12.5. The molecule has 0 N–H and O–H groups in total. The summed E-state index contributed by atoms with van der Waals surface area (Å²) in [7, 11) is -0.184. The van der Waals surface area contributed by atoms with Crippen molar-refractivity contribution in [3.63, 3.8) is 0 Å². The molecule has 1 radical (unpaired) electrons. The quantitative estimate of drug-likeness (QED) is 0.176. The molecular formula is C21H43Si. The van der Waals surface area contributed by atoms with Crippen molar-refractivity contribution in [3.05, 3.63) is 12.3 Å². The number of unbranched alkanes of at least 4 members (excludes halogenated alkanes) is 15. The Labute approximate surface area is 143 Å². The fourth-order valence-electron chi connectivity index (χ4n) is 3.05. The third-order valence-corrected chi connectivity index (χ3v) is 6.61. The van der Waals surface area contributed by atoms with Gasteiger partial charge in [0.25, 0.3) is 0 Å². The number of hydrogen-bond acceptors (Lipinski definition) is 0. The zero-order chi connectivity index (χ0) is 16.3. The Balaban J connectivity index is 2.98. The molecule has 0 saturated carbocycles. The van der Waals surface area contributed by atoms with E-state index >= 15 is 0 Å². The average Bonchev–Trinajstić information content (AvgIpc) is 2.54. The maximum atomic E-state index is 3.90. The maximum absolute atomic E-state index is 3.90. The van der Waals surface area contributed by atoms with Gasteiger partial charge in [-0.15, -0.1) is 12.3 Å². The molecule has 0 bridgehead atoms. The predicted molar refractivity (Wildman–Crippen MR) is 106 cm³/mol. The number of hydrogen-bond donors (Lipinski definition) is 0. The summed E-state index contributed by atoms with van der Waals surface area (Å²) in [5.74, 6) is 0. The van der Waals surface area contributed by atoms with Crippen LogP contribution in [0.3, 0.4) is 0 Å². The van der Waals surface area contributed by atoms with Crippen molar-refractivity contribution in [2.45, 2.75) is 122 Å². The topological polar surface area (TPSA) is 0 Å². The van der Waals surface area contributed by atoms with Crippen LogP contribution in [-0.4, -0.2) is 8.80 Å². The summed E-state index contributed by atoms with van der Waals surface area (Å²) in [6, 6.07) is 1.44. The molecule has 0 atom stereocenters. The first kappa shape index (κ1) is 22.0. The first-order chi connectivity index (χ1) is 10.8. The smallest absolute Gasteiger partial charge is 0.0717 e. The van der Waals surface area contributed by atoms with Crippen LogP contribution < -0.4 is 0 Å². The molecule has 0 aliphatic rings. The minimum absolute atomic E-state index is 0.184. The summed E-state index contributed by atoms with van der Waals surface area (Å²) in [6.45, 7) is 8.57. The van der Waals surface area contributed by atoms with Crippen LogP contribution in [0.25, 0.3) is 0 Å². The van der Waals surface area contributed by atoms with Crippen LogP contribution in [0.15, 0.2) is 12.3 Å². The van der Waals surface area contributed by atoms with Gasteiger partial charge in [0.1, 0.15) is 0 Å². The van der Waals surface area contributed by atoms with E-state index in [0.717, 1.165) is 0 Å². The SMILES string of the molecule is C=C[Si](C)CCCCCCCCCCCCCCCCCC. The molecule has 0 aliphatic carbocycles. The van der Waals surface area contributed by atoms with Crippen molar-refractivity contribution in [3.8, 4) is 0 Å². The van der Waals surface area contributed by atoms with Gasteiger partial charge in [0.2, 0.25) is 0 Å². The molecule has 0 rings (SSSR count). The van der Waals surface area contributed by atoms with Crippen LogP contribution in [0.5, 0.6) is 0 Å². The molecule has 22 heavy (non-hydrogen) atoms. The summed E-state index contributed by atoms with van der Waals surface area (Å²) in [4.78, 5) is 0. The summed E-state index contributed by atoms with van der Waals surface area (Å²) in [5, 5.41) is 0. The summed E-state index contributed by atoms with van der Waals surface area (Å²) < 4.78 is 0. The van der Waals surface area contributed by atoms with Gasteiger partial charge in [-0.2, -0.15) is 0 Å². The molecule has 1 heteroatoms. The Morgan fingerprint density at radius 2 is 0.909 bits per heavy atom. The van der Waals surface area contributed by atoms with E-state index in [1.54, 1.807) is 0 Å². The first-order valence-electron chi connectivity index (χ1n) is 10.3. The highest BCUT2D eigenvalue weighted by Crippen LogP contribution is 2.14. The summed E-state index contributed by atoms with van der Waals surface area (Å²) in [6.07, 6.45) is 23.4. The molecular weight excluding hydrogens is 280 g/mol. The molecule has 0 fully saturated rings. The molecule has 0 nitrogen and oxygen atoms in total. The minimum atomic E-state index is -0.184. The Bertz CT molecular complexity index is 212. The molecule has 131 valence electrons. The van der Waals surface area contributed by atoms with Gasteiger partial charge >= 0.3 is 0 Å². The lowest BCUT2D eigenvalue weighted by molar-refractivity contribution is 0.531. The van der Waals surface area contributed by atoms with Crippen LogP contribution in [0, 0.1) is 0 Å². The Kier molecular flexibility index (Phi) is 19.0. The van der Waals surface area contributed by atoms with Gasteiger partial charge in [-0.3, -0.25) is 0 Å². The molecule has 0 amide bonds. The van der Waals surface area contributed by atoms with Crippen molar-refractivity contribution in [2.75, 3.05) is 0 Å². The van der Waals surface area contributed by atoms with Gasteiger partial charge < -0.3 is 0 Å². The van der Waals surface area contributed by atoms with Crippen LogP contribution in [0.4, 0.5) is 0 Å². The Morgan fingerprint density at radius 3 is 1.23 bits per heavy atom. The van der Waals surface area contributed by atoms with Crippen molar-refractivity contribution >= 4 is 8.80 Å². The standard InChI is InChI=1S/C21H43Si/c1-4-6-7-8-9-10-11-12-13-14-15-16-17-18-19-20-21-22(3)5-2/h5H,2,4,6-21H2,1,3H3. The van der Waals surface area contributed by atoms with Gasteiger partial charge in [-0.25, -0.2) is 0 Å². The molecule has 0 unspecified atom stereocenters. The van der Waals surface area contributed by atoms with Crippen LogP contribution in [0.1, 0.15) is 110 Å². The zero-order valence-electron chi connectivity index (χ0n) is 15.8. The van der Waals surface area contributed by atoms with E-state index in [4.69, 9.17) is 0 Å². The lowest BCUT2D eigenvalue weighted by atomic mass is 10.0. The van der Waals surface area contributed by atoms with Gasteiger partial charge in [0.05, 0.1) is 8.80 Å². The number of rotatable bonds is 18. The Morgan fingerprint density at radius 1 is 0.591 bits per heavy atom. The monoisotopic (exact) mass is 323 g/mol. The lowest BCUT2D eigenvalue weighted by Gasteiger charge is -2.04. The largest absolute Gasteiger partial charge is 0.107 e. The van der Waals surface area contributed by atoms with Gasteiger partial charge in [-0.05, 0) is 0 Å². The highest BCUT2D eigenvalue weighted by atomic mass is 28.3. The van der Waals surface area contributed by atoms with E-state index in [9.17, 15) is 0 Å². The normalized spacial score (nSPS) is 11.2. The highest BCUT2D eigenvalue weighted by Gasteiger charge is 1.98. The molecule has 0 aromatic heterocycles. The molecule has 0 heterocycles. The highest BCUT2D eigenvalue weighted by molar-refractivity contribution is 6.62. The lowest BCUT2D eigenvalue weighted by Crippen LogP contribution is -2.00. The van der Waals surface area contributed by atoms with Crippen molar-refractivity contribution < 1.29 is 0 Å². The van der Waals surface area contributed by atoms with E-state index in [2.05, 4.69) is 25.7 Å². The minimum Gasteiger partial charge on any atom is -0.107 e. The third-order valence-electron chi connectivity index (χ3n) is 4.77. The second-order valence-electron chi connectivity index (χ2n) is 7.10. The fraction of sp³-hybridized carbons (Fsp3) is 0.905. The third kappa shape index (κ3) is 18.0. The van der Waals surface area contributed by atoms with Crippen molar-refractivity contribution in [1.82, 2.24) is 0 Å². The van der Waals surface area contributed by atoms with Crippen LogP contribution in [0.2, 0.25) is 12.6 Å².